The largest absolute Gasteiger partial charge is 0.396 e. The SMILES string of the molecule is Cl.Cl.N[C@@H]1CC[C@H]1CO.N[C@H]1CC[C@@H]1CO. The molecule has 0 aromatic carbocycles. The Hall–Kier alpha value is 0.420. The number of nitrogens with two attached hydrogens (primary N) is 2. The molecule has 16 heavy (non-hydrogen) atoms. The standard InChI is InChI=1S/2C5H11NO.2ClH/c2*6-5-2-1-4(5)3-7;;/h2*4-5,7H,1-3,6H2;2*1H/t2*4-,5+;;/m10../s1. The van der Waals surface area contributed by atoms with E-state index < -0.39 is 0 Å². The Kier molecular flexibility index (Phi) is 11.1. The van der Waals surface area contributed by atoms with Crippen molar-refractivity contribution in [2.75, 3.05) is 13.2 Å². The number of aliphatic hydroxyl groups excluding tert-OH is 2. The summed E-state index contributed by atoms with van der Waals surface area (Å²) in [5.41, 5.74) is 10.9. The molecule has 0 spiro atoms. The molecule has 0 heterocycles. The molecule has 2 rings (SSSR count). The lowest BCUT2D eigenvalue weighted by atomic mass is 9.81. The minimum absolute atomic E-state index is 0. The summed E-state index contributed by atoms with van der Waals surface area (Å²) in [6.45, 7) is 0.558. The number of aliphatic hydroxyl groups is 2. The minimum Gasteiger partial charge on any atom is -0.396 e. The van der Waals surface area contributed by atoms with E-state index in [0.717, 1.165) is 25.7 Å². The Morgan fingerprint density at radius 2 is 1.06 bits per heavy atom. The van der Waals surface area contributed by atoms with E-state index in [0.29, 0.717) is 23.9 Å². The van der Waals surface area contributed by atoms with Gasteiger partial charge in [0.05, 0.1) is 0 Å². The van der Waals surface area contributed by atoms with Crippen LogP contribution in [0.2, 0.25) is 0 Å². The molecule has 2 fully saturated rings. The van der Waals surface area contributed by atoms with Gasteiger partial charge >= 0.3 is 0 Å². The first kappa shape index (κ1) is 18.8. The first-order valence-electron chi connectivity index (χ1n) is 5.42. The molecular weight excluding hydrogens is 251 g/mol. The average Bonchev–Trinajstić information content (AvgIpc) is 2.16. The van der Waals surface area contributed by atoms with Gasteiger partial charge < -0.3 is 21.7 Å². The quantitative estimate of drug-likeness (QED) is 0.582. The van der Waals surface area contributed by atoms with Crippen LogP contribution in [0.1, 0.15) is 25.7 Å². The first-order valence-corrected chi connectivity index (χ1v) is 5.42. The molecule has 0 unspecified atom stereocenters. The lowest BCUT2D eigenvalue weighted by molar-refractivity contribution is 0.137. The summed E-state index contributed by atoms with van der Waals surface area (Å²) < 4.78 is 0. The van der Waals surface area contributed by atoms with Crippen molar-refractivity contribution in [3.8, 4) is 0 Å². The molecule has 0 radical (unpaired) electrons. The third kappa shape index (κ3) is 5.17. The minimum atomic E-state index is 0. The molecule has 0 aromatic rings. The third-order valence-electron chi connectivity index (χ3n) is 3.42. The number of rotatable bonds is 2. The Balaban J connectivity index is 0. The summed E-state index contributed by atoms with van der Waals surface area (Å²) in [5, 5.41) is 17.0. The van der Waals surface area contributed by atoms with Crippen molar-refractivity contribution in [2.24, 2.45) is 23.3 Å². The zero-order valence-corrected chi connectivity index (χ0v) is 11.1. The van der Waals surface area contributed by atoms with Crippen LogP contribution in [0.5, 0.6) is 0 Å². The molecule has 4 nitrogen and oxygen atoms in total. The lowest BCUT2D eigenvalue weighted by Crippen LogP contribution is -2.41. The van der Waals surface area contributed by atoms with Crippen molar-refractivity contribution < 1.29 is 10.2 Å². The van der Waals surface area contributed by atoms with Gasteiger partial charge in [0.15, 0.2) is 0 Å². The van der Waals surface area contributed by atoms with Crippen LogP contribution in [0, 0.1) is 11.8 Å². The molecule has 6 N–H and O–H groups in total. The monoisotopic (exact) mass is 274 g/mol. The molecule has 2 aliphatic rings. The van der Waals surface area contributed by atoms with Gasteiger partial charge in [0.1, 0.15) is 0 Å². The van der Waals surface area contributed by atoms with Gasteiger partial charge in [0.2, 0.25) is 0 Å². The fourth-order valence-electron chi connectivity index (χ4n) is 1.64. The highest BCUT2D eigenvalue weighted by Gasteiger charge is 2.26. The Labute approximate surface area is 110 Å². The summed E-state index contributed by atoms with van der Waals surface area (Å²) in [4.78, 5) is 0. The van der Waals surface area contributed by atoms with Gasteiger partial charge in [0.25, 0.3) is 0 Å². The van der Waals surface area contributed by atoms with Crippen molar-refractivity contribution in [3.05, 3.63) is 0 Å². The van der Waals surface area contributed by atoms with Gasteiger partial charge in [-0.1, -0.05) is 0 Å². The van der Waals surface area contributed by atoms with Gasteiger partial charge in [-0.05, 0) is 37.5 Å². The van der Waals surface area contributed by atoms with Crippen molar-refractivity contribution in [1.29, 1.82) is 0 Å². The fourth-order valence-corrected chi connectivity index (χ4v) is 1.64. The van der Waals surface area contributed by atoms with Gasteiger partial charge in [0, 0.05) is 25.3 Å². The van der Waals surface area contributed by atoms with E-state index >= 15 is 0 Å². The van der Waals surface area contributed by atoms with Crippen molar-refractivity contribution in [2.45, 2.75) is 37.8 Å². The molecule has 2 aliphatic carbocycles. The number of hydrogen-bond donors (Lipinski definition) is 4. The predicted octanol–water partition coefficient (Wildman–Crippen LogP) is 0.276. The molecule has 0 amide bonds. The summed E-state index contributed by atoms with van der Waals surface area (Å²) in [6, 6.07) is 0.593. The molecule has 100 valence electrons. The third-order valence-corrected chi connectivity index (χ3v) is 3.42. The van der Waals surface area contributed by atoms with Crippen LogP contribution in [-0.4, -0.2) is 35.5 Å². The average molecular weight is 275 g/mol. The van der Waals surface area contributed by atoms with Crippen LogP contribution in [0.15, 0.2) is 0 Å². The van der Waals surface area contributed by atoms with Crippen LogP contribution in [0.3, 0.4) is 0 Å². The molecule has 0 saturated heterocycles. The molecule has 0 bridgehead atoms. The Bertz CT molecular complexity index is 153. The lowest BCUT2D eigenvalue weighted by Gasteiger charge is -2.31. The van der Waals surface area contributed by atoms with Crippen LogP contribution in [0.4, 0.5) is 0 Å². The van der Waals surface area contributed by atoms with E-state index in [4.69, 9.17) is 21.7 Å². The van der Waals surface area contributed by atoms with Crippen LogP contribution >= 0.6 is 24.8 Å². The van der Waals surface area contributed by atoms with E-state index in [1.807, 2.05) is 0 Å². The molecule has 2 saturated carbocycles. The smallest absolute Gasteiger partial charge is 0.0474 e. The second kappa shape index (κ2) is 9.45. The summed E-state index contributed by atoms with van der Waals surface area (Å²) in [7, 11) is 0. The predicted molar refractivity (Wildman–Crippen MR) is 70.1 cm³/mol. The maximum absolute atomic E-state index is 8.48. The topological polar surface area (TPSA) is 92.5 Å². The second-order valence-corrected chi connectivity index (χ2v) is 4.37. The maximum atomic E-state index is 8.48. The van der Waals surface area contributed by atoms with Crippen LogP contribution in [-0.2, 0) is 0 Å². The van der Waals surface area contributed by atoms with Crippen molar-refractivity contribution >= 4 is 24.8 Å². The van der Waals surface area contributed by atoms with Gasteiger partial charge in [-0.15, -0.1) is 24.8 Å². The highest BCUT2D eigenvalue weighted by Crippen LogP contribution is 2.24. The molecule has 0 aliphatic heterocycles. The zero-order valence-electron chi connectivity index (χ0n) is 9.42. The number of halogens is 2. The Morgan fingerprint density at radius 1 is 0.750 bits per heavy atom. The van der Waals surface area contributed by atoms with Gasteiger partial charge in [-0.3, -0.25) is 0 Å². The van der Waals surface area contributed by atoms with E-state index in [-0.39, 0.29) is 38.0 Å². The summed E-state index contributed by atoms with van der Waals surface area (Å²) >= 11 is 0. The molecular formula is C10H24Cl2N2O2. The fraction of sp³-hybridized carbons (Fsp3) is 1.00. The van der Waals surface area contributed by atoms with E-state index in [1.54, 1.807) is 0 Å². The summed E-state index contributed by atoms with van der Waals surface area (Å²) in [5.74, 6) is 0.833. The van der Waals surface area contributed by atoms with E-state index in [9.17, 15) is 0 Å². The second-order valence-electron chi connectivity index (χ2n) is 4.37. The highest BCUT2D eigenvalue weighted by molar-refractivity contribution is 5.85. The van der Waals surface area contributed by atoms with Crippen molar-refractivity contribution in [1.82, 2.24) is 0 Å². The normalized spacial score (nSPS) is 35.2. The first-order chi connectivity index (χ1) is 6.69. The Morgan fingerprint density at radius 3 is 1.06 bits per heavy atom. The zero-order chi connectivity index (χ0) is 10.6. The van der Waals surface area contributed by atoms with Gasteiger partial charge in [-0.25, -0.2) is 0 Å². The molecule has 0 aromatic heterocycles. The highest BCUT2D eigenvalue weighted by atomic mass is 35.5. The van der Waals surface area contributed by atoms with E-state index in [2.05, 4.69) is 0 Å². The van der Waals surface area contributed by atoms with Crippen LogP contribution in [0.25, 0.3) is 0 Å². The van der Waals surface area contributed by atoms with Gasteiger partial charge in [-0.2, -0.15) is 0 Å². The molecule has 6 heteroatoms. The maximum Gasteiger partial charge on any atom is 0.0474 e. The summed E-state index contributed by atoms with van der Waals surface area (Å²) in [6.07, 6.45) is 4.45. The van der Waals surface area contributed by atoms with Crippen molar-refractivity contribution in [3.63, 3.8) is 0 Å². The molecule has 4 atom stereocenters. The van der Waals surface area contributed by atoms with E-state index in [1.165, 1.54) is 0 Å². The van der Waals surface area contributed by atoms with Crippen LogP contribution < -0.4 is 11.5 Å². The number of hydrogen-bond acceptors (Lipinski definition) is 4.